The van der Waals surface area contributed by atoms with Crippen molar-refractivity contribution in [3.63, 3.8) is 0 Å². The first-order valence-electron chi connectivity index (χ1n) is 5.85. The van der Waals surface area contributed by atoms with Crippen molar-refractivity contribution in [3.05, 3.63) is 23.9 Å². The van der Waals surface area contributed by atoms with Crippen LogP contribution in [0.25, 0.3) is 0 Å². The Morgan fingerprint density at radius 3 is 2.82 bits per heavy atom. The number of nitrogens with one attached hydrogen (secondary N) is 1. The van der Waals surface area contributed by atoms with Gasteiger partial charge in [-0.15, -0.1) is 0 Å². The number of aromatic nitrogens is 1. The fourth-order valence-electron chi connectivity index (χ4n) is 1.98. The van der Waals surface area contributed by atoms with Gasteiger partial charge in [-0.05, 0) is 44.7 Å². The van der Waals surface area contributed by atoms with E-state index in [1.165, 1.54) is 20.0 Å². The largest absolute Gasteiger partial charge is 0.465 e. The predicted molar refractivity (Wildman–Crippen MR) is 66.0 cm³/mol. The second-order valence-corrected chi connectivity index (χ2v) is 5.04. The van der Waals surface area contributed by atoms with Gasteiger partial charge in [0.25, 0.3) is 0 Å². The van der Waals surface area contributed by atoms with E-state index in [0.29, 0.717) is 11.5 Å². The molecule has 1 aromatic heterocycles. The van der Waals surface area contributed by atoms with Gasteiger partial charge in [0.15, 0.2) is 0 Å². The Morgan fingerprint density at radius 1 is 1.53 bits per heavy atom. The molecule has 0 unspecified atom stereocenters. The van der Waals surface area contributed by atoms with E-state index in [0.717, 1.165) is 5.82 Å². The van der Waals surface area contributed by atoms with Gasteiger partial charge in [0.2, 0.25) is 0 Å². The minimum absolute atomic E-state index is 0.0295. The molecular formula is C13H18N2O2. The molecule has 17 heavy (non-hydrogen) atoms. The standard InChI is InChI=1S/C13H18N2O2/c1-13(2,10-4-5-10)15-11-8-9(6-7-14-11)12(16)17-3/h6-8,10H,4-5H2,1-3H3,(H,14,15). The van der Waals surface area contributed by atoms with E-state index in [-0.39, 0.29) is 11.5 Å². The average Bonchev–Trinajstić information content (AvgIpc) is 3.11. The number of carbonyl (C=O) groups is 1. The molecule has 1 aliphatic rings. The lowest BCUT2D eigenvalue weighted by Crippen LogP contribution is -2.33. The summed E-state index contributed by atoms with van der Waals surface area (Å²) in [5.41, 5.74) is 0.554. The van der Waals surface area contributed by atoms with Crippen molar-refractivity contribution in [3.8, 4) is 0 Å². The topological polar surface area (TPSA) is 51.2 Å². The molecule has 4 nitrogen and oxygen atoms in total. The maximum atomic E-state index is 11.4. The van der Waals surface area contributed by atoms with Gasteiger partial charge in [0.05, 0.1) is 12.7 Å². The molecule has 92 valence electrons. The molecule has 4 heteroatoms. The molecule has 0 spiro atoms. The zero-order chi connectivity index (χ0) is 12.5. The number of anilines is 1. The van der Waals surface area contributed by atoms with Crippen LogP contribution in [0.15, 0.2) is 18.3 Å². The predicted octanol–water partition coefficient (Wildman–Crippen LogP) is 2.47. The van der Waals surface area contributed by atoms with E-state index < -0.39 is 0 Å². The van der Waals surface area contributed by atoms with Crippen molar-refractivity contribution in [2.75, 3.05) is 12.4 Å². The number of carbonyl (C=O) groups excluding carboxylic acids is 1. The van der Waals surface area contributed by atoms with Gasteiger partial charge in [-0.25, -0.2) is 9.78 Å². The summed E-state index contributed by atoms with van der Waals surface area (Å²) in [6, 6.07) is 3.39. The third-order valence-corrected chi connectivity index (χ3v) is 3.23. The maximum absolute atomic E-state index is 11.4. The first-order chi connectivity index (χ1) is 8.03. The quantitative estimate of drug-likeness (QED) is 0.813. The molecule has 0 atom stereocenters. The molecule has 0 aliphatic heterocycles. The molecule has 1 heterocycles. The lowest BCUT2D eigenvalue weighted by atomic mass is 9.99. The number of esters is 1. The molecular weight excluding hydrogens is 216 g/mol. The van der Waals surface area contributed by atoms with Gasteiger partial charge < -0.3 is 10.1 Å². The van der Waals surface area contributed by atoms with Gasteiger partial charge >= 0.3 is 5.97 Å². The van der Waals surface area contributed by atoms with Crippen molar-refractivity contribution in [2.24, 2.45) is 5.92 Å². The number of hydrogen-bond acceptors (Lipinski definition) is 4. The Morgan fingerprint density at radius 2 is 2.24 bits per heavy atom. The summed E-state index contributed by atoms with van der Waals surface area (Å²) in [5, 5.41) is 3.38. The van der Waals surface area contributed by atoms with Crippen molar-refractivity contribution in [1.29, 1.82) is 0 Å². The molecule has 1 aromatic rings. The lowest BCUT2D eigenvalue weighted by molar-refractivity contribution is 0.0600. The highest BCUT2D eigenvalue weighted by atomic mass is 16.5. The highest BCUT2D eigenvalue weighted by Gasteiger charge is 2.37. The summed E-state index contributed by atoms with van der Waals surface area (Å²) in [5.74, 6) is 1.09. The zero-order valence-corrected chi connectivity index (χ0v) is 10.5. The fourth-order valence-corrected chi connectivity index (χ4v) is 1.98. The Hall–Kier alpha value is -1.58. The highest BCUT2D eigenvalue weighted by Crippen LogP contribution is 2.40. The van der Waals surface area contributed by atoms with Crippen LogP contribution in [0.2, 0.25) is 0 Å². The van der Waals surface area contributed by atoms with E-state index in [4.69, 9.17) is 0 Å². The minimum atomic E-state index is -0.334. The molecule has 1 N–H and O–H groups in total. The molecule has 1 aliphatic carbocycles. The molecule has 1 fully saturated rings. The number of hydrogen-bond donors (Lipinski definition) is 1. The number of ether oxygens (including phenoxy) is 1. The van der Waals surface area contributed by atoms with Crippen LogP contribution in [0.4, 0.5) is 5.82 Å². The Kier molecular flexibility index (Phi) is 3.05. The molecule has 0 radical (unpaired) electrons. The molecule has 0 aromatic carbocycles. The molecule has 1 saturated carbocycles. The normalized spacial score (nSPS) is 15.5. The second kappa shape index (κ2) is 4.35. The summed E-state index contributed by atoms with van der Waals surface area (Å²) < 4.78 is 4.69. The lowest BCUT2D eigenvalue weighted by Gasteiger charge is -2.26. The van der Waals surface area contributed by atoms with Crippen LogP contribution >= 0.6 is 0 Å². The van der Waals surface area contributed by atoms with Gasteiger partial charge in [0.1, 0.15) is 5.82 Å². The van der Waals surface area contributed by atoms with Crippen LogP contribution in [-0.2, 0) is 4.74 Å². The summed E-state index contributed by atoms with van der Waals surface area (Å²) in [6.45, 7) is 4.33. The Labute approximate surface area is 101 Å². The van der Waals surface area contributed by atoms with Crippen molar-refractivity contribution >= 4 is 11.8 Å². The summed E-state index contributed by atoms with van der Waals surface area (Å²) in [7, 11) is 1.38. The Balaban J connectivity index is 2.13. The number of pyridine rings is 1. The third kappa shape index (κ3) is 2.75. The van der Waals surface area contributed by atoms with Crippen LogP contribution in [0, 0.1) is 5.92 Å². The minimum Gasteiger partial charge on any atom is -0.465 e. The van der Waals surface area contributed by atoms with Gasteiger partial charge in [0, 0.05) is 11.7 Å². The SMILES string of the molecule is COC(=O)c1ccnc(NC(C)(C)C2CC2)c1. The third-order valence-electron chi connectivity index (χ3n) is 3.23. The van der Waals surface area contributed by atoms with Crippen molar-refractivity contribution in [1.82, 2.24) is 4.98 Å². The zero-order valence-electron chi connectivity index (χ0n) is 10.5. The van der Waals surface area contributed by atoms with E-state index in [1.54, 1.807) is 18.3 Å². The summed E-state index contributed by atoms with van der Waals surface area (Å²) >= 11 is 0. The van der Waals surface area contributed by atoms with Gasteiger partial charge in [-0.2, -0.15) is 0 Å². The molecule has 2 rings (SSSR count). The number of rotatable bonds is 4. The van der Waals surface area contributed by atoms with E-state index in [1.807, 2.05) is 0 Å². The van der Waals surface area contributed by atoms with Gasteiger partial charge in [-0.1, -0.05) is 0 Å². The van der Waals surface area contributed by atoms with E-state index >= 15 is 0 Å². The van der Waals surface area contributed by atoms with Crippen molar-refractivity contribution < 1.29 is 9.53 Å². The van der Waals surface area contributed by atoms with Gasteiger partial charge in [-0.3, -0.25) is 0 Å². The van der Waals surface area contributed by atoms with E-state index in [9.17, 15) is 4.79 Å². The van der Waals surface area contributed by atoms with Crippen molar-refractivity contribution in [2.45, 2.75) is 32.2 Å². The second-order valence-electron chi connectivity index (χ2n) is 5.04. The van der Waals surface area contributed by atoms with Crippen LogP contribution < -0.4 is 5.32 Å². The molecule has 0 bridgehead atoms. The fraction of sp³-hybridized carbons (Fsp3) is 0.538. The first kappa shape index (κ1) is 11.9. The number of methoxy groups -OCH3 is 1. The smallest absolute Gasteiger partial charge is 0.338 e. The summed E-state index contributed by atoms with van der Waals surface area (Å²) in [4.78, 5) is 15.6. The highest BCUT2D eigenvalue weighted by molar-refractivity contribution is 5.90. The molecule has 0 amide bonds. The monoisotopic (exact) mass is 234 g/mol. The Bertz CT molecular complexity index is 425. The van der Waals surface area contributed by atoms with Crippen LogP contribution in [0.1, 0.15) is 37.0 Å². The first-order valence-corrected chi connectivity index (χ1v) is 5.85. The average molecular weight is 234 g/mol. The summed E-state index contributed by atoms with van der Waals surface area (Å²) in [6.07, 6.45) is 4.14. The van der Waals surface area contributed by atoms with Crippen LogP contribution in [-0.4, -0.2) is 23.6 Å². The number of nitrogens with zero attached hydrogens (tertiary/aromatic N) is 1. The van der Waals surface area contributed by atoms with Crippen LogP contribution in [0.5, 0.6) is 0 Å². The maximum Gasteiger partial charge on any atom is 0.338 e. The molecule has 0 saturated heterocycles. The van der Waals surface area contributed by atoms with E-state index in [2.05, 4.69) is 28.9 Å². The van der Waals surface area contributed by atoms with Crippen LogP contribution in [0.3, 0.4) is 0 Å².